The topological polar surface area (TPSA) is 58.6 Å². The highest BCUT2D eigenvalue weighted by atomic mass is 16.5. The van der Waals surface area contributed by atoms with Crippen LogP contribution in [0.15, 0.2) is 24.3 Å². The van der Waals surface area contributed by atoms with Gasteiger partial charge in [-0.3, -0.25) is 4.79 Å². The number of hydrogen-bond donors (Lipinski definition) is 2. The molecule has 1 aromatic carbocycles. The van der Waals surface area contributed by atoms with Crippen LogP contribution in [0.5, 0.6) is 5.75 Å². The van der Waals surface area contributed by atoms with Crippen LogP contribution in [0.25, 0.3) is 0 Å². The van der Waals surface area contributed by atoms with Crippen LogP contribution in [-0.2, 0) is 0 Å². The van der Waals surface area contributed by atoms with Crippen molar-refractivity contribution in [1.82, 2.24) is 5.32 Å². The normalized spacial score (nSPS) is 22.1. The van der Waals surface area contributed by atoms with E-state index in [-0.39, 0.29) is 11.9 Å². The van der Waals surface area contributed by atoms with Crippen molar-refractivity contribution < 1.29 is 14.6 Å². The summed E-state index contributed by atoms with van der Waals surface area (Å²) >= 11 is 0. The van der Waals surface area contributed by atoms with Crippen molar-refractivity contribution in [2.45, 2.75) is 51.7 Å². The molecule has 21 heavy (non-hydrogen) atoms. The molecule has 0 heterocycles. The highest BCUT2D eigenvalue weighted by Gasteiger charge is 2.24. The van der Waals surface area contributed by atoms with E-state index in [1.54, 1.807) is 12.1 Å². The number of rotatable bonds is 5. The summed E-state index contributed by atoms with van der Waals surface area (Å²) in [5, 5.41) is 12.8. The summed E-state index contributed by atoms with van der Waals surface area (Å²) < 4.78 is 5.60. The minimum atomic E-state index is -0.420. The van der Waals surface area contributed by atoms with Crippen LogP contribution in [0.2, 0.25) is 0 Å². The summed E-state index contributed by atoms with van der Waals surface area (Å²) in [6.07, 6.45) is 3.30. The van der Waals surface area contributed by atoms with Crippen molar-refractivity contribution in [1.29, 1.82) is 0 Å². The lowest BCUT2D eigenvalue weighted by Gasteiger charge is -2.28. The monoisotopic (exact) mass is 291 g/mol. The van der Waals surface area contributed by atoms with Crippen molar-refractivity contribution in [3.63, 3.8) is 0 Å². The van der Waals surface area contributed by atoms with E-state index >= 15 is 0 Å². The van der Waals surface area contributed by atoms with Crippen LogP contribution in [0.3, 0.4) is 0 Å². The third-order valence-electron chi connectivity index (χ3n) is 3.75. The van der Waals surface area contributed by atoms with Gasteiger partial charge in [-0.15, -0.1) is 0 Å². The predicted octanol–water partition coefficient (Wildman–Crippen LogP) is 2.75. The average molecular weight is 291 g/mol. The summed E-state index contributed by atoms with van der Waals surface area (Å²) in [5.74, 6) is 1.12. The summed E-state index contributed by atoms with van der Waals surface area (Å²) in [5.41, 5.74) is 0.602. The minimum Gasteiger partial charge on any atom is -0.493 e. The molecule has 4 heteroatoms. The van der Waals surface area contributed by atoms with E-state index in [0.717, 1.165) is 31.4 Å². The van der Waals surface area contributed by atoms with Gasteiger partial charge in [-0.2, -0.15) is 0 Å². The quantitative estimate of drug-likeness (QED) is 0.877. The van der Waals surface area contributed by atoms with E-state index in [4.69, 9.17) is 4.74 Å². The number of aliphatic hydroxyl groups is 1. The van der Waals surface area contributed by atoms with Gasteiger partial charge in [-0.25, -0.2) is 0 Å². The van der Waals surface area contributed by atoms with Gasteiger partial charge in [-0.05, 0) is 43.0 Å². The molecule has 1 amide bonds. The second kappa shape index (κ2) is 7.46. The van der Waals surface area contributed by atoms with Crippen LogP contribution in [0.1, 0.15) is 49.9 Å². The molecule has 0 spiro atoms. The van der Waals surface area contributed by atoms with Gasteiger partial charge in [0.15, 0.2) is 0 Å². The third kappa shape index (κ3) is 4.74. The van der Waals surface area contributed by atoms with Crippen molar-refractivity contribution in [3.05, 3.63) is 29.8 Å². The average Bonchev–Trinajstić information content (AvgIpc) is 2.48. The molecular formula is C17H25NO3. The van der Waals surface area contributed by atoms with Crippen LogP contribution in [0, 0.1) is 5.92 Å². The zero-order valence-corrected chi connectivity index (χ0v) is 12.8. The summed E-state index contributed by atoms with van der Waals surface area (Å²) in [6.45, 7) is 4.86. The number of hydrogen-bond acceptors (Lipinski definition) is 3. The fourth-order valence-electron chi connectivity index (χ4n) is 2.50. The van der Waals surface area contributed by atoms with Crippen LogP contribution in [0.4, 0.5) is 0 Å². The van der Waals surface area contributed by atoms with Gasteiger partial charge in [0.1, 0.15) is 5.75 Å². The van der Waals surface area contributed by atoms with E-state index < -0.39 is 6.10 Å². The molecule has 2 N–H and O–H groups in total. The molecule has 0 saturated heterocycles. The molecule has 1 saturated carbocycles. The van der Waals surface area contributed by atoms with E-state index in [9.17, 15) is 9.90 Å². The van der Waals surface area contributed by atoms with Crippen molar-refractivity contribution in [3.8, 4) is 5.75 Å². The molecule has 0 aliphatic heterocycles. The first-order valence-corrected chi connectivity index (χ1v) is 7.78. The number of benzene rings is 1. The summed E-state index contributed by atoms with van der Waals surface area (Å²) in [4.78, 5) is 12.2. The number of aliphatic hydroxyl groups excluding tert-OH is 1. The summed E-state index contributed by atoms with van der Waals surface area (Å²) in [6, 6.07) is 7.03. The van der Waals surface area contributed by atoms with Crippen LogP contribution >= 0.6 is 0 Å². The lowest BCUT2D eigenvalue weighted by Crippen LogP contribution is -2.45. The molecule has 1 fully saturated rings. The minimum absolute atomic E-state index is 0.122. The van der Waals surface area contributed by atoms with Crippen molar-refractivity contribution in [2.24, 2.45) is 5.92 Å². The first kappa shape index (κ1) is 15.8. The second-order valence-electron chi connectivity index (χ2n) is 6.16. The van der Waals surface area contributed by atoms with Gasteiger partial charge in [0, 0.05) is 5.56 Å². The van der Waals surface area contributed by atoms with Gasteiger partial charge in [0.05, 0.1) is 18.8 Å². The van der Waals surface area contributed by atoms with Crippen LogP contribution < -0.4 is 10.1 Å². The predicted molar refractivity (Wildman–Crippen MR) is 82.5 cm³/mol. The van der Waals surface area contributed by atoms with Gasteiger partial charge in [0.25, 0.3) is 5.91 Å². The number of nitrogens with one attached hydrogen (secondary N) is 1. The zero-order chi connectivity index (χ0) is 15.2. The molecule has 1 aliphatic carbocycles. The smallest absolute Gasteiger partial charge is 0.251 e. The maximum atomic E-state index is 12.2. The standard InChI is InChI=1S/C17H25NO3/c1-12(2)11-21-14-9-7-13(8-10-14)17(20)18-15-5-3-4-6-16(15)19/h7-10,12,15-16,19H,3-6,11H2,1-2H3,(H,18,20)/t15-,16-/m0/s1. The Bertz CT molecular complexity index is 456. The Balaban J connectivity index is 1.90. The molecule has 0 aromatic heterocycles. The molecule has 116 valence electrons. The molecule has 1 aromatic rings. The Kier molecular flexibility index (Phi) is 5.62. The molecule has 0 unspecified atom stereocenters. The van der Waals surface area contributed by atoms with Gasteiger partial charge in [-0.1, -0.05) is 26.7 Å². The van der Waals surface area contributed by atoms with E-state index in [1.807, 2.05) is 12.1 Å². The Hall–Kier alpha value is -1.55. The summed E-state index contributed by atoms with van der Waals surface area (Å²) in [7, 11) is 0. The molecule has 0 radical (unpaired) electrons. The largest absolute Gasteiger partial charge is 0.493 e. The maximum absolute atomic E-state index is 12.2. The lowest BCUT2D eigenvalue weighted by atomic mass is 9.92. The molecule has 0 bridgehead atoms. The van der Waals surface area contributed by atoms with Crippen molar-refractivity contribution in [2.75, 3.05) is 6.61 Å². The zero-order valence-electron chi connectivity index (χ0n) is 12.8. The fourth-order valence-corrected chi connectivity index (χ4v) is 2.50. The molecule has 2 rings (SSSR count). The third-order valence-corrected chi connectivity index (χ3v) is 3.75. The van der Waals surface area contributed by atoms with Gasteiger partial charge < -0.3 is 15.2 Å². The van der Waals surface area contributed by atoms with Crippen LogP contribution in [-0.4, -0.2) is 29.8 Å². The SMILES string of the molecule is CC(C)COc1ccc(C(=O)N[C@H]2CCCC[C@@H]2O)cc1. The highest BCUT2D eigenvalue weighted by molar-refractivity contribution is 5.94. The Labute approximate surface area is 126 Å². The first-order chi connectivity index (χ1) is 10.1. The molecule has 4 nitrogen and oxygen atoms in total. The molecular weight excluding hydrogens is 266 g/mol. The fraction of sp³-hybridized carbons (Fsp3) is 0.588. The van der Waals surface area contributed by atoms with E-state index in [0.29, 0.717) is 18.1 Å². The van der Waals surface area contributed by atoms with Crippen molar-refractivity contribution >= 4 is 5.91 Å². The lowest BCUT2D eigenvalue weighted by molar-refractivity contribution is 0.0717. The number of carbonyl (C=O) groups is 1. The maximum Gasteiger partial charge on any atom is 0.251 e. The Morgan fingerprint density at radius 3 is 2.57 bits per heavy atom. The molecule has 2 atom stereocenters. The highest BCUT2D eigenvalue weighted by Crippen LogP contribution is 2.19. The van der Waals surface area contributed by atoms with E-state index in [1.165, 1.54) is 0 Å². The van der Waals surface area contributed by atoms with Gasteiger partial charge in [0.2, 0.25) is 0 Å². The van der Waals surface area contributed by atoms with E-state index in [2.05, 4.69) is 19.2 Å². The first-order valence-electron chi connectivity index (χ1n) is 7.78. The number of ether oxygens (including phenoxy) is 1. The number of amides is 1. The molecule has 1 aliphatic rings. The Morgan fingerprint density at radius 2 is 1.95 bits per heavy atom. The second-order valence-corrected chi connectivity index (χ2v) is 6.16. The number of carbonyl (C=O) groups excluding carboxylic acids is 1. The van der Waals surface area contributed by atoms with Gasteiger partial charge >= 0.3 is 0 Å². The Morgan fingerprint density at radius 1 is 1.29 bits per heavy atom.